The van der Waals surface area contributed by atoms with Crippen LogP contribution in [0.4, 0.5) is 0 Å². The van der Waals surface area contributed by atoms with Crippen molar-refractivity contribution in [2.75, 3.05) is 0 Å². The standard InChI is InChI=1S/C18H44BSi4/c1-19(17-13-11-14-18(19)16-12-15-17)23(20(2,3)4,21(5,6)7)22(8,9)10/h17-18H,11-16H2,1-10H3/q-1. The molecule has 0 N–H and O–H groups in total. The van der Waals surface area contributed by atoms with Crippen LogP contribution in [-0.4, -0.2) is 35.0 Å². The first-order valence-corrected chi connectivity index (χ1v) is 26.0. The number of hydrogen-bond acceptors (Lipinski definition) is 0. The van der Waals surface area contributed by atoms with Gasteiger partial charge in [-0.05, 0) is 22.8 Å². The van der Waals surface area contributed by atoms with Gasteiger partial charge in [0.2, 0.25) is 0 Å². The van der Waals surface area contributed by atoms with Gasteiger partial charge in [-0.1, -0.05) is 104 Å². The Morgan fingerprint density at radius 1 is 0.565 bits per heavy atom. The Morgan fingerprint density at radius 2 is 0.826 bits per heavy atom. The summed E-state index contributed by atoms with van der Waals surface area (Å²) in [5, 5.41) is 0. The van der Waals surface area contributed by atoms with Crippen LogP contribution in [0.3, 0.4) is 0 Å². The van der Waals surface area contributed by atoms with Crippen molar-refractivity contribution in [2.45, 2.75) is 116 Å². The van der Waals surface area contributed by atoms with Gasteiger partial charge in [0.25, 0.3) is 0 Å². The minimum Gasteiger partial charge on any atom is -0.191 e. The highest BCUT2D eigenvalue weighted by Gasteiger charge is 2.67. The second-order valence-electron chi connectivity index (χ2n) is 12.4. The highest BCUT2D eigenvalue weighted by atomic mass is 29.9. The highest BCUT2D eigenvalue weighted by molar-refractivity contribution is 8.06. The van der Waals surface area contributed by atoms with E-state index in [9.17, 15) is 0 Å². The topological polar surface area (TPSA) is 0 Å². The molecule has 2 bridgehead atoms. The van der Waals surface area contributed by atoms with Crippen molar-refractivity contribution >= 4 is 35.0 Å². The van der Waals surface area contributed by atoms with Crippen LogP contribution in [0.5, 0.6) is 0 Å². The second kappa shape index (κ2) is 5.98. The van der Waals surface area contributed by atoms with Gasteiger partial charge in [-0.15, -0.1) is 0 Å². The number of rotatable bonds is 4. The molecule has 5 heteroatoms. The summed E-state index contributed by atoms with van der Waals surface area (Å²) in [6.45, 7) is 27.2. The summed E-state index contributed by atoms with van der Waals surface area (Å²) in [7, 11) is -3.43. The maximum atomic E-state index is 2.95. The van der Waals surface area contributed by atoms with Crippen molar-refractivity contribution in [3.05, 3.63) is 0 Å². The Labute approximate surface area is 150 Å². The third kappa shape index (κ3) is 2.71. The second-order valence-corrected chi connectivity index (χ2v) is 53.9. The molecule has 0 unspecified atom stereocenters. The van der Waals surface area contributed by atoms with E-state index in [2.05, 4.69) is 65.7 Å². The van der Waals surface area contributed by atoms with E-state index >= 15 is 0 Å². The van der Waals surface area contributed by atoms with E-state index in [0.29, 0.717) is 0 Å². The molecule has 0 radical (unpaired) electrons. The molecule has 0 aromatic rings. The predicted molar refractivity (Wildman–Crippen MR) is 123 cm³/mol. The van der Waals surface area contributed by atoms with Gasteiger partial charge in [-0.2, -0.15) is 18.5 Å². The quantitative estimate of drug-likeness (QED) is 0.461. The van der Waals surface area contributed by atoms with Gasteiger partial charge in [0.05, 0.1) is 0 Å². The lowest BCUT2D eigenvalue weighted by molar-refractivity contribution is 0.440. The van der Waals surface area contributed by atoms with E-state index < -0.39 is 29.3 Å². The Kier molecular flexibility index (Phi) is 5.27. The summed E-state index contributed by atoms with van der Waals surface area (Å²) in [6, 6.07) is 0. The van der Waals surface area contributed by atoms with E-state index in [4.69, 9.17) is 0 Å². The van der Waals surface area contributed by atoms with Crippen LogP contribution >= 0.6 is 0 Å². The normalized spacial score (nSPS) is 33.7. The summed E-state index contributed by atoms with van der Waals surface area (Å²) in [5.74, 6) is 2.30. The van der Waals surface area contributed by atoms with Gasteiger partial charge >= 0.3 is 0 Å². The summed E-state index contributed by atoms with van der Waals surface area (Å²) in [4.78, 5) is 0. The summed E-state index contributed by atoms with van der Waals surface area (Å²) >= 11 is 0. The molecule has 2 aliphatic rings. The zero-order chi connectivity index (χ0) is 17.9. The van der Waals surface area contributed by atoms with Gasteiger partial charge < -0.3 is 0 Å². The van der Waals surface area contributed by atoms with Gasteiger partial charge in [0, 0.05) is 5.74 Å². The Morgan fingerprint density at radius 3 is 1.04 bits per heavy atom. The Hall–Kier alpha value is 0.932. The minimum atomic E-state index is -1.24. The van der Waals surface area contributed by atoms with Crippen molar-refractivity contribution < 1.29 is 0 Å². The fraction of sp³-hybridized carbons (Fsp3) is 1.00. The molecule has 2 rings (SSSR count). The zero-order valence-electron chi connectivity index (χ0n) is 18.0. The van der Waals surface area contributed by atoms with Crippen LogP contribution < -0.4 is 0 Å². The first kappa shape index (κ1) is 20.2. The molecule has 0 atom stereocenters. The molecule has 0 aliphatic carbocycles. The van der Waals surface area contributed by atoms with Gasteiger partial charge in [0.1, 0.15) is 0 Å². The average molecular weight is 384 g/mol. The predicted octanol–water partition coefficient (Wildman–Crippen LogP) is 6.95. The molecule has 2 aliphatic heterocycles. The molecule has 23 heavy (non-hydrogen) atoms. The first-order valence-electron chi connectivity index (χ1n) is 10.4. The lowest BCUT2D eigenvalue weighted by atomic mass is 9.26. The molecule has 136 valence electrons. The number of hydrogen-bond donors (Lipinski definition) is 0. The molecular formula is C18H44BSi4-. The molecule has 2 heterocycles. The molecule has 2 saturated heterocycles. The van der Waals surface area contributed by atoms with Gasteiger partial charge in [-0.3, -0.25) is 0 Å². The van der Waals surface area contributed by atoms with Crippen molar-refractivity contribution in [1.82, 2.24) is 0 Å². The lowest BCUT2D eigenvalue weighted by Crippen LogP contribution is -2.95. The molecule has 0 nitrogen and oxygen atoms in total. The maximum absolute atomic E-state index is 2.95. The van der Waals surface area contributed by atoms with E-state index in [1.165, 1.54) is 0 Å². The van der Waals surface area contributed by atoms with E-state index in [-0.39, 0.29) is 5.74 Å². The van der Waals surface area contributed by atoms with Crippen molar-refractivity contribution in [3.63, 3.8) is 0 Å². The fourth-order valence-electron chi connectivity index (χ4n) is 10.2. The zero-order valence-corrected chi connectivity index (χ0v) is 22.0. The Balaban J connectivity index is 2.81. The monoisotopic (exact) mass is 383 g/mol. The van der Waals surface area contributed by atoms with Crippen molar-refractivity contribution in [3.8, 4) is 0 Å². The van der Waals surface area contributed by atoms with Crippen molar-refractivity contribution in [1.29, 1.82) is 0 Å². The summed E-state index contributed by atoms with van der Waals surface area (Å²) in [5.41, 5.74) is -0.0856. The smallest absolute Gasteiger partial charge is 0.00131 e. The van der Waals surface area contributed by atoms with E-state index in [0.717, 1.165) is 11.6 Å². The Bertz CT molecular complexity index is 383. The third-order valence-corrected chi connectivity index (χ3v) is 86.0. The lowest BCUT2D eigenvalue weighted by Gasteiger charge is -2.78. The van der Waals surface area contributed by atoms with Crippen LogP contribution in [0.25, 0.3) is 0 Å². The average Bonchev–Trinajstić information content (AvgIpc) is 2.20. The third-order valence-electron chi connectivity index (χ3n) is 8.74. The van der Waals surface area contributed by atoms with Crippen LogP contribution in [0, 0.1) is 0 Å². The van der Waals surface area contributed by atoms with Crippen molar-refractivity contribution in [2.24, 2.45) is 0 Å². The van der Waals surface area contributed by atoms with Crippen LogP contribution in [0.15, 0.2) is 0 Å². The molecule has 0 saturated carbocycles. The maximum Gasteiger partial charge on any atom is 0.00131 e. The van der Waals surface area contributed by atoms with E-state index in [1.807, 2.05) is 0 Å². The summed E-state index contributed by atoms with van der Waals surface area (Å²) in [6.07, 6.45) is 9.51. The first-order chi connectivity index (χ1) is 10.2. The fourth-order valence-corrected chi connectivity index (χ4v) is 127. The largest absolute Gasteiger partial charge is 0.191 e. The van der Waals surface area contributed by atoms with Gasteiger partial charge in [0.15, 0.2) is 0 Å². The molecule has 0 aromatic heterocycles. The molecule has 0 spiro atoms. The minimum absolute atomic E-state index is 0.0856. The van der Waals surface area contributed by atoms with Crippen LogP contribution in [-0.2, 0) is 0 Å². The van der Waals surface area contributed by atoms with Crippen LogP contribution in [0.1, 0.15) is 38.5 Å². The number of fused-ring (bicyclic) bond motifs is 2. The molecule has 2 fully saturated rings. The molecule has 0 amide bonds. The highest BCUT2D eigenvalue weighted by Crippen LogP contribution is 2.61. The van der Waals surface area contributed by atoms with Gasteiger partial charge in [-0.25, -0.2) is 0 Å². The summed E-state index contributed by atoms with van der Waals surface area (Å²) < 4.78 is 0. The molecule has 0 aromatic carbocycles. The van der Waals surface area contributed by atoms with Crippen LogP contribution in [0.2, 0.25) is 77.4 Å². The molecular weight excluding hydrogens is 339 g/mol. The SMILES string of the molecule is C[B-]1([Si]([Si](C)(C)C)([Si](C)(C)C)[Si](C)(C)C)C2CCCC1CCC2. The van der Waals surface area contributed by atoms with E-state index in [1.54, 1.807) is 38.5 Å².